The van der Waals surface area contributed by atoms with Crippen molar-refractivity contribution in [3.63, 3.8) is 0 Å². The molecule has 5 rings (SSSR count). The fourth-order valence-corrected chi connectivity index (χ4v) is 7.18. The summed E-state index contributed by atoms with van der Waals surface area (Å²) < 4.78 is 23.0. The molecule has 1 aromatic rings. The Morgan fingerprint density at radius 2 is 1.72 bits per heavy atom. The van der Waals surface area contributed by atoms with Gasteiger partial charge in [-0.25, -0.2) is 4.79 Å². The molecule has 36 heavy (non-hydrogen) atoms. The van der Waals surface area contributed by atoms with Gasteiger partial charge in [-0.3, -0.25) is 0 Å². The number of methoxy groups -OCH3 is 2. The Balaban J connectivity index is 1.72. The van der Waals surface area contributed by atoms with E-state index in [0.717, 1.165) is 46.0 Å². The van der Waals surface area contributed by atoms with Gasteiger partial charge in [0.25, 0.3) is 0 Å². The molecule has 0 radical (unpaired) electrons. The molecule has 0 aromatic heterocycles. The van der Waals surface area contributed by atoms with Gasteiger partial charge in [-0.2, -0.15) is 0 Å². The third kappa shape index (κ3) is 5.56. The van der Waals surface area contributed by atoms with Gasteiger partial charge in [0.05, 0.1) is 13.7 Å². The van der Waals surface area contributed by atoms with E-state index in [-0.39, 0.29) is 17.7 Å². The molecular weight excluding hydrogens is 452 g/mol. The lowest BCUT2D eigenvalue weighted by Crippen LogP contribution is -2.49. The molecule has 0 heterocycles. The highest BCUT2D eigenvalue weighted by atomic mass is 16.7. The van der Waals surface area contributed by atoms with Crippen LogP contribution in [0.2, 0.25) is 0 Å². The molecule has 5 nitrogen and oxygen atoms in total. The van der Waals surface area contributed by atoms with Crippen LogP contribution in [0.3, 0.4) is 0 Å². The van der Waals surface area contributed by atoms with Gasteiger partial charge in [-0.15, -0.1) is 0 Å². The quantitative estimate of drug-likeness (QED) is 0.152. The Labute approximate surface area is 216 Å². The first-order valence-corrected chi connectivity index (χ1v) is 13.4. The normalized spacial score (nSPS) is 28.4. The van der Waals surface area contributed by atoms with Crippen LogP contribution in [0.4, 0.5) is 0 Å². The van der Waals surface area contributed by atoms with Crippen molar-refractivity contribution in [2.24, 2.45) is 17.8 Å². The van der Waals surface area contributed by atoms with E-state index in [9.17, 15) is 4.79 Å². The number of hydrogen-bond donors (Lipinski definition) is 0. The summed E-state index contributed by atoms with van der Waals surface area (Å²) in [6.45, 7) is 8.12. The third-order valence-electron chi connectivity index (χ3n) is 8.28. The first-order chi connectivity index (χ1) is 17.3. The fourth-order valence-electron chi connectivity index (χ4n) is 7.18. The zero-order chi connectivity index (χ0) is 25.9. The average molecular weight is 495 g/mol. The Kier molecular flexibility index (Phi) is 8.29. The second-order valence-electron chi connectivity index (χ2n) is 11.0. The highest BCUT2D eigenvalue weighted by Crippen LogP contribution is 2.63. The molecule has 4 fully saturated rings. The van der Waals surface area contributed by atoms with E-state index >= 15 is 0 Å². The fraction of sp³-hybridized carbons (Fsp3) is 0.581. The number of carbonyl (C=O) groups excluding carboxylic acids is 1. The maximum Gasteiger partial charge on any atom is 0.330 e. The summed E-state index contributed by atoms with van der Waals surface area (Å²) in [7, 11) is 3.46. The standard InChI is InChI=1S/C31H42O5/c1-7-35-28(32)13-20(2)9-8-10-21(3)26-11-12-27(36-22(4)33-5)29(30(26)34-6)31-17-23-14-24(18-31)16-25(15-23)19-31/h8-13,22-25H,7,14-19H2,1-6H3. The van der Waals surface area contributed by atoms with Crippen LogP contribution in [0.1, 0.15) is 77.3 Å². The van der Waals surface area contributed by atoms with Crippen molar-refractivity contribution in [2.75, 3.05) is 20.8 Å². The van der Waals surface area contributed by atoms with Gasteiger partial charge in [0.2, 0.25) is 0 Å². The number of rotatable bonds is 10. The van der Waals surface area contributed by atoms with Crippen molar-refractivity contribution < 1.29 is 23.7 Å². The minimum atomic E-state index is -0.332. The lowest BCUT2D eigenvalue weighted by atomic mass is 9.47. The molecule has 0 N–H and O–H groups in total. The second-order valence-corrected chi connectivity index (χ2v) is 11.0. The zero-order valence-corrected chi connectivity index (χ0v) is 22.8. The average Bonchev–Trinajstić information content (AvgIpc) is 2.82. The summed E-state index contributed by atoms with van der Waals surface area (Å²) in [5.74, 6) is 3.94. The molecule has 0 spiro atoms. The maximum atomic E-state index is 11.7. The van der Waals surface area contributed by atoms with Crippen LogP contribution >= 0.6 is 0 Å². The van der Waals surface area contributed by atoms with E-state index < -0.39 is 0 Å². The molecule has 196 valence electrons. The zero-order valence-electron chi connectivity index (χ0n) is 22.8. The highest BCUT2D eigenvalue weighted by molar-refractivity contribution is 5.83. The molecule has 0 amide bonds. The van der Waals surface area contributed by atoms with E-state index in [0.29, 0.717) is 6.61 Å². The van der Waals surface area contributed by atoms with Crippen molar-refractivity contribution in [1.29, 1.82) is 0 Å². The number of hydrogen-bond acceptors (Lipinski definition) is 5. The van der Waals surface area contributed by atoms with Crippen molar-refractivity contribution >= 4 is 11.5 Å². The summed E-state index contributed by atoms with van der Waals surface area (Å²) in [5, 5.41) is 0. The number of ether oxygens (including phenoxy) is 4. The predicted octanol–water partition coefficient (Wildman–Crippen LogP) is 7.00. The molecule has 1 aromatic carbocycles. The van der Waals surface area contributed by atoms with Crippen LogP contribution in [-0.4, -0.2) is 33.1 Å². The Morgan fingerprint density at radius 1 is 1.08 bits per heavy atom. The van der Waals surface area contributed by atoms with E-state index in [1.807, 2.05) is 26.0 Å². The van der Waals surface area contributed by atoms with Crippen LogP contribution in [0, 0.1) is 17.8 Å². The van der Waals surface area contributed by atoms with Gasteiger partial charge in [-0.1, -0.05) is 18.2 Å². The first-order valence-electron chi connectivity index (χ1n) is 13.4. The smallest absolute Gasteiger partial charge is 0.330 e. The lowest BCUT2D eigenvalue weighted by Gasteiger charge is -2.57. The van der Waals surface area contributed by atoms with Crippen molar-refractivity contribution in [3.05, 3.63) is 53.1 Å². The number of allylic oxidation sites excluding steroid dienone is 5. The minimum absolute atomic E-state index is 0.105. The van der Waals surface area contributed by atoms with Crippen molar-refractivity contribution in [3.8, 4) is 11.5 Å². The van der Waals surface area contributed by atoms with E-state index in [4.69, 9.17) is 18.9 Å². The molecule has 1 unspecified atom stereocenters. The lowest BCUT2D eigenvalue weighted by molar-refractivity contribution is -0.137. The van der Waals surface area contributed by atoms with Crippen molar-refractivity contribution in [1.82, 2.24) is 0 Å². The molecule has 4 aliphatic carbocycles. The molecular formula is C31H42O5. The molecule has 5 heteroatoms. The van der Waals surface area contributed by atoms with E-state index in [1.165, 1.54) is 50.2 Å². The summed E-state index contributed by atoms with van der Waals surface area (Å²) >= 11 is 0. The SMILES string of the molecule is CCOC(=O)C=C(C)C=CC=C(C)c1ccc(OC(C)OC)c(C23CC4CC(CC(C4)C2)C3)c1OC. The van der Waals surface area contributed by atoms with Gasteiger partial charge in [0.1, 0.15) is 11.5 Å². The predicted molar refractivity (Wildman–Crippen MR) is 143 cm³/mol. The molecule has 4 aliphatic rings. The van der Waals surface area contributed by atoms with Crippen LogP contribution in [0.25, 0.3) is 5.57 Å². The summed E-state index contributed by atoms with van der Waals surface area (Å²) in [4.78, 5) is 11.7. The maximum absolute atomic E-state index is 11.7. The Morgan fingerprint density at radius 3 is 2.28 bits per heavy atom. The van der Waals surface area contributed by atoms with Gasteiger partial charge in [0, 0.05) is 29.7 Å². The van der Waals surface area contributed by atoms with Crippen LogP contribution in [0.15, 0.2) is 42.0 Å². The van der Waals surface area contributed by atoms with E-state index in [2.05, 4.69) is 25.1 Å². The van der Waals surface area contributed by atoms with Gasteiger partial charge >= 0.3 is 5.97 Å². The van der Waals surface area contributed by atoms with Crippen LogP contribution in [0.5, 0.6) is 11.5 Å². The van der Waals surface area contributed by atoms with E-state index in [1.54, 1.807) is 21.1 Å². The molecule has 4 bridgehead atoms. The summed E-state index contributed by atoms with van der Waals surface area (Å²) in [6, 6.07) is 4.20. The molecule has 1 atom stereocenters. The Bertz CT molecular complexity index is 1010. The number of carbonyl (C=O) groups is 1. The van der Waals surface area contributed by atoms with Gasteiger partial charge in [-0.05, 0) is 107 Å². The first kappa shape index (κ1) is 26.5. The summed E-state index contributed by atoms with van der Waals surface area (Å²) in [6.07, 6.45) is 15.0. The topological polar surface area (TPSA) is 54.0 Å². The largest absolute Gasteiger partial charge is 0.496 e. The van der Waals surface area contributed by atoms with Gasteiger partial charge in [0.15, 0.2) is 6.29 Å². The minimum Gasteiger partial charge on any atom is -0.496 e. The van der Waals surface area contributed by atoms with Gasteiger partial charge < -0.3 is 18.9 Å². The molecule has 4 saturated carbocycles. The second kappa shape index (κ2) is 11.2. The van der Waals surface area contributed by atoms with Crippen LogP contribution in [-0.2, 0) is 19.7 Å². The monoisotopic (exact) mass is 494 g/mol. The summed E-state index contributed by atoms with van der Waals surface area (Å²) in [5.41, 5.74) is 4.37. The van der Waals surface area contributed by atoms with Crippen molar-refractivity contribution in [2.45, 2.75) is 77.9 Å². The molecule has 0 saturated heterocycles. The number of esters is 1. The van der Waals surface area contributed by atoms with Crippen LogP contribution < -0.4 is 9.47 Å². The third-order valence-corrected chi connectivity index (χ3v) is 8.28. The number of benzene rings is 1. The Hall–Kier alpha value is -2.53. The highest BCUT2D eigenvalue weighted by Gasteiger charge is 2.53. The molecule has 0 aliphatic heterocycles.